The van der Waals surface area contributed by atoms with E-state index >= 15 is 0 Å². The highest BCUT2D eigenvalue weighted by atomic mass is 32.2. The molecule has 20 heavy (non-hydrogen) atoms. The predicted molar refractivity (Wildman–Crippen MR) is 79.4 cm³/mol. The molecular formula is C13H11N3O2S2. The summed E-state index contributed by atoms with van der Waals surface area (Å²) in [5, 5.41) is 2.68. The number of thiophene rings is 1. The Kier molecular flexibility index (Phi) is 3.15. The summed E-state index contributed by atoms with van der Waals surface area (Å²) in [5.74, 6) is 0.317. The zero-order valence-corrected chi connectivity index (χ0v) is 12.2. The van der Waals surface area contributed by atoms with Crippen LogP contribution in [0.1, 0.15) is 5.56 Å². The highest BCUT2D eigenvalue weighted by Crippen LogP contribution is 2.29. The van der Waals surface area contributed by atoms with Crippen molar-refractivity contribution in [2.75, 3.05) is 4.72 Å². The standard InChI is InChI=1S/C13H11N3O2S2/c1-9-7-19-13-11(9)12(14-8-15-13)16-20(17,18)10-5-3-2-4-6-10/h2-8H,1H3,(H,14,15,16). The van der Waals surface area contributed by atoms with Gasteiger partial charge in [-0.05, 0) is 30.0 Å². The Balaban J connectivity index is 2.08. The van der Waals surface area contributed by atoms with Crippen LogP contribution in [0.5, 0.6) is 0 Å². The van der Waals surface area contributed by atoms with Crippen LogP contribution >= 0.6 is 11.3 Å². The normalized spacial score (nSPS) is 11.7. The van der Waals surface area contributed by atoms with Gasteiger partial charge in [0.25, 0.3) is 10.0 Å². The zero-order valence-electron chi connectivity index (χ0n) is 10.6. The first-order valence-electron chi connectivity index (χ1n) is 5.84. The molecule has 0 spiro atoms. The molecule has 2 heterocycles. The second-order valence-corrected chi connectivity index (χ2v) is 6.78. The van der Waals surface area contributed by atoms with E-state index < -0.39 is 10.0 Å². The monoisotopic (exact) mass is 305 g/mol. The molecule has 3 rings (SSSR count). The molecule has 0 amide bonds. The van der Waals surface area contributed by atoms with Gasteiger partial charge < -0.3 is 0 Å². The number of benzene rings is 1. The van der Waals surface area contributed by atoms with E-state index in [1.165, 1.54) is 17.7 Å². The van der Waals surface area contributed by atoms with Crippen LogP contribution in [-0.4, -0.2) is 18.4 Å². The van der Waals surface area contributed by atoms with Crippen LogP contribution in [0.4, 0.5) is 5.82 Å². The molecule has 0 saturated carbocycles. The number of anilines is 1. The van der Waals surface area contributed by atoms with Crippen LogP contribution in [0, 0.1) is 6.92 Å². The molecule has 0 unspecified atom stereocenters. The lowest BCUT2D eigenvalue weighted by molar-refractivity contribution is 0.601. The Morgan fingerprint density at radius 3 is 2.65 bits per heavy atom. The topological polar surface area (TPSA) is 72.0 Å². The minimum absolute atomic E-state index is 0.208. The third kappa shape index (κ3) is 2.25. The van der Waals surface area contributed by atoms with Crippen molar-refractivity contribution < 1.29 is 8.42 Å². The van der Waals surface area contributed by atoms with E-state index in [2.05, 4.69) is 14.7 Å². The summed E-state index contributed by atoms with van der Waals surface area (Å²) in [6.45, 7) is 1.91. The maximum Gasteiger partial charge on any atom is 0.263 e. The smallest absolute Gasteiger partial charge is 0.263 e. The van der Waals surface area contributed by atoms with E-state index in [1.54, 1.807) is 30.3 Å². The molecule has 0 atom stereocenters. The third-order valence-corrected chi connectivity index (χ3v) is 5.20. The van der Waals surface area contributed by atoms with Crippen molar-refractivity contribution in [1.29, 1.82) is 0 Å². The number of aromatic nitrogens is 2. The highest BCUT2D eigenvalue weighted by molar-refractivity contribution is 7.92. The van der Waals surface area contributed by atoms with Gasteiger partial charge in [0.1, 0.15) is 11.2 Å². The summed E-state index contributed by atoms with van der Waals surface area (Å²) < 4.78 is 27.2. The number of rotatable bonds is 3. The van der Waals surface area contributed by atoms with Crippen LogP contribution < -0.4 is 4.72 Å². The van der Waals surface area contributed by atoms with Crippen LogP contribution in [0.3, 0.4) is 0 Å². The molecule has 102 valence electrons. The lowest BCUT2D eigenvalue weighted by Gasteiger charge is -2.08. The summed E-state index contributed by atoms with van der Waals surface area (Å²) in [4.78, 5) is 9.17. The van der Waals surface area contributed by atoms with Crippen molar-refractivity contribution in [2.45, 2.75) is 11.8 Å². The number of hydrogen-bond acceptors (Lipinski definition) is 5. The number of nitrogens with zero attached hydrogens (tertiary/aromatic N) is 2. The fraction of sp³-hybridized carbons (Fsp3) is 0.0769. The molecule has 0 aliphatic heterocycles. The van der Waals surface area contributed by atoms with Crippen molar-refractivity contribution in [3.63, 3.8) is 0 Å². The minimum Gasteiger partial charge on any atom is -0.263 e. The van der Waals surface area contributed by atoms with Crippen molar-refractivity contribution in [3.05, 3.63) is 47.6 Å². The molecule has 0 fully saturated rings. The van der Waals surface area contributed by atoms with Crippen molar-refractivity contribution in [3.8, 4) is 0 Å². The largest absolute Gasteiger partial charge is 0.263 e. The van der Waals surface area contributed by atoms with Crippen LogP contribution in [0.25, 0.3) is 10.2 Å². The zero-order chi connectivity index (χ0) is 14.2. The Morgan fingerprint density at radius 1 is 1.15 bits per heavy atom. The molecule has 0 bridgehead atoms. The van der Waals surface area contributed by atoms with E-state index in [9.17, 15) is 8.42 Å². The maximum atomic E-state index is 12.3. The van der Waals surface area contributed by atoms with Gasteiger partial charge >= 0.3 is 0 Å². The number of nitrogens with one attached hydrogen (secondary N) is 1. The summed E-state index contributed by atoms with van der Waals surface area (Å²) >= 11 is 1.46. The van der Waals surface area contributed by atoms with Crippen molar-refractivity contribution in [1.82, 2.24) is 9.97 Å². The number of hydrogen-bond donors (Lipinski definition) is 1. The first-order valence-corrected chi connectivity index (χ1v) is 8.21. The SMILES string of the molecule is Cc1csc2ncnc(NS(=O)(=O)c3ccccc3)c12. The maximum absolute atomic E-state index is 12.3. The fourth-order valence-electron chi connectivity index (χ4n) is 1.88. The number of sulfonamides is 1. The van der Waals surface area contributed by atoms with E-state index in [0.717, 1.165) is 15.8 Å². The fourth-order valence-corrected chi connectivity index (χ4v) is 3.81. The molecule has 1 N–H and O–H groups in total. The average Bonchev–Trinajstić information content (AvgIpc) is 2.82. The van der Waals surface area contributed by atoms with Gasteiger partial charge in [0.05, 0.1) is 10.3 Å². The Bertz CT molecular complexity index is 858. The van der Waals surface area contributed by atoms with Gasteiger partial charge in [-0.15, -0.1) is 11.3 Å². The van der Waals surface area contributed by atoms with Gasteiger partial charge in [-0.25, -0.2) is 18.4 Å². The molecule has 0 aliphatic rings. The first kappa shape index (κ1) is 13.0. The Morgan fingerprint density at radius 2 is 1.90 bits per heavy atom. The predicted octanol–water partition coefficient (Wildman–Crippen LogP) is 2.80. The highest BCUT2D eigenvalue weighted by Gasteiger charge is 2.17. The van der Waals surface area contributed by atoms with Gasteiger partial charge in [0.15, 0.2) is 5.82 Å². The van der Waals surface area contributed by atoms with E-state index in [-0.39, 0.29) is 4.90 Å². The third-order valence-electron chi connectivity index (χ3n) is 2.84. The molecule has 0 saturated heterocycles. The molecule has 5 nitrogen and oxygen atoms in total. The first-order chi connectivity index (χ1) is 9.58. The summed E-state index contributed by atoms with van der Waals surface area (Å²) in [6, 6.07) is 8.22. The number of aryl methyl sites for hydroxylation is 1. The van der Waals surface area contributed by atoms with Crippen LogP contribution in [0.15, 0.2) is 46.9 Å². The molecule has 2 aromatic heterocycles. The summed E-state index contributed by atoms with van der Waals surface area (Å²) in [7, 11) is -3.64. The quantitative estimate of drug-likeness (QED) is 0.807. The van der Waals surface area contributed by atoms with Gasteiger partial charge in [-0.1, -0.05) is 18.2 Å². The second kappa shape index (κ2) is 4.84. The lowest BCUT2D eigenvalue weighted by Crippen LogP contribution is -2.14. The Labute approximate surface area is 120 Å². The average molecular weight is 305 g/mol. The lowest BCUT2D eigenvalue weighted by atomic mass is 10.2. The van der Waals surface area contributed by atoms with Gasteiger partial charge in [0.2, 0.25) is 0 Å². The van der Waals surface area contributed by atoms with Crippen molar-refractivity contribution >= 4 is 37.4 Å². The van der Waals surface area contributed by atoms with E-state index in [4.69, 9.17) is 0 Å². The van der Waals surface area contributed by atoms with Crippen molar-refractivity contribution in [2.24, 2.45) is 0 Å². The second-order valence-electron chi connectivity index (χ2n) is 4.24. The van der Waals surface area contributed by atoms with Gasteiger partial charge in [-0.2, -0.15) is 0 Å². The Hall–Kier alpha value is -1.99. The molecule has 1 aromatic carbocycles. The van der Waals surface area contributed by atoms with Gasteiger partial charge in [0, 0.05) is 0 Å². The molecule has 0 radical (unpaired) electrons. The minimum atomic E-state index is -3.64. The van der Waals surface area contributed by atoms with Crippen LogP contribution in [-0.2, 0) is 10.0 Å². The van der Waals surface area contributed by atoms with Gasteiger partial charge in [-0.3, -0.25) is 4.72 Å². The molecule has 7 heteroatoms. The summed E-state index contributed by atoms with van der Waals surface area (Å²) in [5.41, 5.74) is 0.955. The summed E-state index contributed by atoms with van der Waals surface area (Å²) in [6.07, 6.45) is 1.36. The molecular weight excluding hydrogens is 294 g/mol. The molecule has 0 aliphatic carbocycles. The van der Waals surface area contributed by atoms with E-state index in [0.29, 0.717) is 5.82 Å². The van der Waals surface area contributed by atoms with E-state index in [1.807, 2.05) is 12.3 Å². The van der Waals surface area contributed by atoms with Crippen LogP contribution in [0.2, 0.25) is 0 Å². The number of fused-ring (bicyclic) bond motifs is 1. The molecule has 3 aromatic rings.